The van der Waals surface area contributed by atoms with Crippen LogP contribution < -0.4 is 10.6 Å². The van der Waals surface area contributed by atoms with Crippen molar-refractivity contribution in [2.45, 2.75) is 19.9 Å². The molecule has 0 saturated heterocycles. The summed E-state index contributed by atoms with van der Waals surface area (Å²) in [5.74, 6) is -1.90. The fraction of sp³-hybridized carbons (Fsp3) is 0.385. The second-order valence-corrected chi connectivity index (χ2v) is 4.08. The maximum absolute atomic E-state index is 11.5. The van der Waals surface area contributed by atoms with Gasteiger partial charge in [-0.3, -0.25) is 15.1 Å². The second-order valence-electron chi connectivity index (χ2n) is 4.08. The van der Waals surface area contributed by atoms with Gasteiger partial charge in [0.2, 0.25) is 0 Å². The first-order valence-corrected chi connectivity index (χ1v) is 6.33. The van der Waals surface area contributed by atoms with Crippen molar-refractivity contribution in [3.8, 4) is 0 Å². The molecule has 0 aliphatic rings. The highest BCUT2D eigenvalue weighted by Gasteiger charge is 2.09. The summed E-state index contributed by atoms with van der Waals surface area (Å²) < 4.78 is 4.55. The smallest absolute Gasteiger partial charge is 0.329 e. The van der Waals surface area contributed by atoms with Crippen molar-refractivity contribution < 1.29 is 24.2 Å². The van der Waals surface area contributed by atoms with E-state index in [0.29, 0.717) is 0 Å². The predicted molar refractivity (Wildman–Crippen MR) is 72.4 cm³/mol. The minimum absolute atomic E-state index is 0.194. The molecule has 1 aromatic rings. The normalized spacial score (nSPS) is 9.95. The van der Waals surface area contributed by atoms with Crippen molar-refractivity contribution in [2.24, 2.45) is 0 Å². The first-order valence-electron chi connectivity index (χ1n) is 6.33. The van der Waals surface area contributed by atoms with Gasteiger partial charge in [0, 0.05) is 6.20 Å². The number of aromatic nitrogens is 1. The molecule has 0 spiro atoms. The van der Waals surface area contributed by atoms with Crippen molar-refractivity contribution in [3.05, 3.63) is 29.6 Å². The molecule has 21 heavy (non-hydrogen) atoms. The Hall–Kier alpha value is -2.48. The number of hydrogen-bond acceptors (Lipinski definition) is 5. The van der Waals surface area contributed by atoms with Gasteiger partial charge >= 0.3 is 12.0 Å². The molecule has 0 aliphatic heterocycles. The molecule has 3 N–H and O–H groups in total. The number of carbonyl (C=O) groups excluding carboxylic acids is 2. The highest BCUT2D eigenvalue weighted by Crippen LogP contribution is 2.05. The highest BCUT2D eigenvalue weighted by molar-refractivity contribution is 5.94. The fourth-order valence-corrected chi connectivity index (χ4v) is 1.55. The van der Waals surface area contributed by atoms with Crippen LogP contribution in [0, 0.1) is 0 Å². The van der Waals surface area contributed by atoms with E-state index in [2.05, 4.69) is 15.0 Å². The van der Waals surface area contributed by atoms with Gasteiger partial charge in [-0.1, -0.05) is 13.0 Å². The number of amides is 3. The average Bonchev–Trinajstić information content (AvgIpc) is 2.45. The molecule has 0 saturated carbocycles. The quantitative estimate of drug-likeness (QED) is 0.655. The van der Waals surface area contributed by atoms with E-state index in [4.69, 9.17) is 5.11 Å². The van der Waals surface area contributed by atoms with E-state index in [-0.39, 0.29) is 6.54 Å². The maximum Gasteiger partial charge on any atom is 0.329 e. The summed E-state index contributed by atoms with van der Waals surface area (Å²) in [6, 6.07) is 3.03. The molecule has 0 unspecified atom stereocenters. The number of carbonyl (C=O) groups is 3. The zero-order valence-electron chi connectivity index (χ0n) is 11.6. The minimum atomic E-state index is -1.19. The van der Waals surface area contributed by atoms with E-state index >= 15 is 0 Å². The third-order valence-corrected chi connectivity index (χ3v) is 2.49. The molecule has 8 heteroatoms. The van der Waals surface area contributed by atoms with Crippen molar-refractivity contribution in [1.82, 2.24) is 15.6 Å². The number of ether oxygens (including phenoxy) is 1. The van der Waals surface area contributed by atoms with Crippen LogP contribution in [0.15, 0.2) is 18.3 Å². The fourth-order valence-electron chi connectivity index (χ4n) is 1.55. The van der Waals surface area contributed by atoms with Gasteiger partial charge in [0.15, 0.2) is 0 Å². The Kier molecular flexibility index (Phi) is 6.82. The van der Waals surface area contributed by atoms with E-state index < -0.39 is 31.1 Å². The van der Waals surface area contributed by atoms with Gasteiger partial charge in [-0.2, -0.15) is 0 Å². The lowest BCUT2D eigenvalue weighted by molar-refractivity contribution is -0.143. The largest absolute Gasteiger partial charge is 0.480 e. The molecule has 0 aliphatic carbocycles. The lowest BCUT2D eigenvalue weighted by Crippen LogP contribution is -2.41. The lowest BCUT2D eigenvalue weighted by Gasteiger charge is -2.09. The monoisotopic (exact) mass is 295 g/mol. The number of carboxylic acid groups (broad SMARTS) is 1. The Bertz CT molecular complexity index is 518. The number of aryl methyl sites for hydroxylation is 1. The SMILES string of the molecule is CCc1cccnc1CNC(=O)NC(=O)COCC(=O)O. The van der Waals surface area contributed by atoms with E-state index in [0.717, 1.165) is 17.7 Å². The van der Waals surface area contributed by atoms with E-state index in [1.807, 2.05) is 24.4 Å². The minimum Gasteiger partial charge on any atom is -0.480 e. The van der Waals surface area contributed by atoms with E-state index in [1.165, 1.54) is 0 Å². The molecular weight excluding hydrogens is 278 g/mol. The summed E-state index contributed by atoms with van der Waals surface area (Å²) in [4.78, 5) is 37.1. The first kappa shape index (κ1) is 16.6. The molecule has 1 heterocycles. The molecule has 0 aromatic carbocycles. The molecule has 1 aromatic heterocycles. The van der Waals surface area contributed by atoms with Gasteiger partial charge in [0.1, 0.15) is 13.2 Å². The number of urea groups is 1. The maximum atomic E-state index is 11.5. The van der Waals surface area contributed by atoms with Crippen LogP contribution in [0.4, 0.5) is 4.79 Å². The summed E-state index contributed by atoms with van der Waals surface area (Å²) in [5.41, 5.74) is 1.73. The van der Waals surface area contributed by atoms with E-state index in [1.54, 1.807) is 6.20 Å². The van der Waals surface area contributed by atoms with Crippen molar-refractivity contribution >= 4 is 17.9 Å². The molecule has 0 fully saturated rings. The zero-order valence-corrected chi connectivity index (χ0v) is 11.6. The number of carboxylic acids is 1. The van der Waals surface area contributed by atoms with Gasteiger partial charge in [-0.15, -0.1) is 0 Å². The topological polar surface area (TPSA) is 118 Å². The number of nitrogens with zero attached hydrogens (tertiary/aromatic N) is 1. The molecular formula is C13H17N3O5. The second kappa shape index (κ2) is 8.64. The number of pyridine rings is 1. The van der Waals surface area contributed by atoms with Gasteiger partial charge in [-0.05, 0) is 18.1 Å². The molecule has 114 valence electrons. The van der Waals surface area contributed by atoms with Crippen LogP contribution in [0.1, 0.15) is 18.2 Å². The molecule has 3 amide bonds. The van der Waals surface area contributed by atoms with Crippen LogP contribution in [-0.2, 0) is 27.3 Å². The van der Waals surface area contributed by atoms with E-state index in [9.17, 15) is 14.4 Å². The molecule has 0 bridgehead atoms. The molecule has 1 rings (SSSR count). The van der Waals surface area contributed by atoms with Crippen LogP contribution in [0.2, 0.25) is 0 Å². The van der Waals surface area contributed by atoms with Crippen molar-refractivity contribution in [2.75, 3.05) is 13.2 Å². The summed E-state index contributed by atoms with van der Waals surface area (Å²) in [5, 5.41) is 12.9. The number of nitrogens with one attached hydrogen (secondary N) is 2. The lowest BCUT2D eigenvalue weighted by atomic mass is 10.1. The standard InChI is InChI=1S/C13H17N3O5/c1-2-9-4-3-5-14-10(9)6-15-13(20)16-11(17)7-21-8-12(18)19/h3-5H,2,6-8H2,1H3,(H,18,19)(H2,15,16,17,20). The summed E-state index contributed by atoms with van der Waals surface area (Å²) >= 11 is 0. The highest BCUT2D eigenvalue weighted by atomic mass is 16.5. The molecule has 0 atom stereocenters. The van der Waals surface area contributed by atoms with Gasteiger partial charge < -0.3 is 15.2 Å². The van der Waals surface area contributed by atoms with Crippen molar-refractivity contribution in [1.29, 1.82) is 0 Å². The Morgan fingerprint density at radius 3 is 2.76 bits per heavy atom. The Balaban J connectivity index is 2.33. The van der Waals surface area contributed by atoms with Crippen molar-refractivity contribution in [3.63, 3.8) is 0 Å². The van der Waals surface area contributed by atoms with Crippen LogP contribution in [0.3, 0.4) is 0 Å². The Labute approximate surface area is 121 Å². The summed E-state index contributed by atoms with van der Waals surface area (Å²) in [6.45, 7) is 1.08. The third-order valence-electron chi connectivity index (χ3n) is 2.49. The Morgan fingerprint density at radius 1 is 1.33 bits per heavy atom. The Morgan fingerprint density at radius 2 is 2.10 bits per heavy atom. The van der Waals surface area contributed by atoms with Gasteiger partial charge in [-0.25, -0.2) is 9.59 Å². The van der Waals surface area contributed by atoms with Crippen LogP contribution in [0.5, 0.6) is 0 Å². The van der Waals surface area contributed by atoms with Gasteiger partial charge in [0.25, 0.3) is 5.91 Å². The predicted octanol–water partition coefficient (Wildman–Crippen LogP) is 0.0710. The molecule has 0 radical (unpaired) electrons. The third kappa shape index (κ3) is 6.48. The number of aliphatic carboxylic acids is 1. The summed E-state index contributed by atoms with van der Waals surface area (Å²) in [6.07, 6.45) is 2.41. The zero-order chi connectivity index (χ0) is 15.7. The van der Waals surface area contributed by atoms with Crippen LogP contribution in [-0.4, -0.2) is 41.2 Å². The number of hydrogen-bond donors (Lipinski definition) is 3. The number of rotatable bonds is 7. The van der Waals surface area contributed by atoms with Gasteiger partial charge in [0.05, 0.1) is 12.2 Å². The average molecular weight is 295 g/mol. The van der Waals surface area contributed by atoms with Crippen LogP contribution in [0.25, 0.3) is 0 Å². The molecule has 8 nitrogen and oxygen atoms in total. The first-order chi connectivity index (χ1) is 10.0. The van der Waals surface area contributed by atoms with Crippen LogP contribution >= 0.6 is 0 Å². The summed E-state index contributed by atoms with van der Waals surface area (Å²) in [7, 11) is 0. The number of imide groups is 1.